The summed E-state index contributed by atoms with van der Waals surface area (Å²) in [5, 5.41) is 7.11. The fourth-order valence-corrected chi connectivity index (χ4v) is 5.29. The number of aryl methyl sites for hydroxylation is 1. The first-order chi connectivity index (χ1) is 19.7. The molecule has 2 saturated heterocycles. The average molecular weight is 563 g/mol. The van der Waals surface area contributed by atoms with Gasteiger partial charge in [0.15, 0.2) is 0 Å². The number of pyridine rings is 1. The second-order valence-electron chi connectivity index (χ2n) is 10.9. The molecule has 2 aliphatic rings. The monoisotopic (exact) mass is 562 g/mol. The molecule has 1 amide bonds. The Labute approximate surface area is 236 Å². The first kappa shape index (κ1) is 27.2. The number of aromatic nitrogens is 4. The Balaban J connectivity index is 1.24. The fourth-order valence-electron chi connectivity index (χ4n) is 5.29. The molecule has 0 aliphatic carbocycles. The van der Waals surface area contributed by atoms with Crippen LogP contribution in [0.15, 0.2) is 42.9 Å². The molecule has 0 spiro atoms. The van der Waals surface area contributed by atoms with Gasteiger partial charge in [-0.1, -0.05) is 0 Å². The molecule has 0 saturated carbocycles. The number of anilines is 3. The number of halogens is 2. The van der Waals surface area contributed by atoms with Gasteiger partial charge in [-0.05, 0) is 50.6 Å². The van der Waals surface area contributed by atoms with Crippen molar-refractivity contribution < 1.29 is 18.3 Å². The maximum atomic E-state index is 15.1. The highest BCUT2D eigenvalue weighted by Gasteiger charge is 2.37. The van der Waals surface area contributed by atoms with Crippen LogP contribution in [0.4, 0.5) is 26.2 Å². The Kier molecular flexibility index (Phi) is 7.14. The third kappa shape index (κ3) is 5.37. The molecule has 0 radical (unpaired) electrons. The van der Waals surface area contributed by atoms with E-state index in [2.05, 4.69) is 25.6 Å². The standard InChI is InChI=1S/C29H32F2N8O2/c1-18-12-20(16-32-25(18)39-7-5-34-29(2,3)27(39)40)35-28-33-15-19-4-6-38(26(19)36-28)21-13-23(30)22(24(31)14-21)17-37-8-10-41-11-9-37/h4,6,12-16,34H,5,7-11,17H2,1-3H3,(H,33,35,36). The van der Waals surface area contributed by atoms with Gasteiger partial charge in [0.25, 0.3) is 0 Å². The highest BCUT2D eigenvalue weighted by atomic mass is 19.1. The molecule has 5 heterocycles. The largest absolute Gasteiger partial charge is 0.379 e. The van der Waals surface area contributed by atoms with Crippen LogP contribution in [0.3, 0.4) is 0 Å². The van der Waals surface area contributed by atoms with Crippen molar-refractivity contribution in [2.45, 2.75) is 32.9 Å². The lowest BCUT2D eigenvalue weighted by Crippen LogP contribution is -2.61. The first-order valence-electron chi connectivity index (χ1n) is 13.6. The quantitative estimate of drug-likeness (QED) is 0.367. The lowest BCUT2D eigenvalue weighted by Gasteiger charge is -2.38. The summed E-state index contributed by atoms with van der Waals surface area (Å²) in [4.78, 5) is 30.2. The highest BCUT2D eigenvalue weighted by Crippen LogP contribution is 2.27. The van der Waals surface area contributed by atoms with Crippen LogP contribution in [0.5, 0.6) is 0 Å². The number of ether oxygens (including phenoxy) is 1. The maximum absolute atomic E-state index is 15.1. The molecular weight excluding hydrogens is 530 g/mol. The van der Waals surface area contributed by atoms with Crippen LogP contribution in [-0.4, -0.2) is 75.3 Å². The van der Waals surface area contributed by atoms with Crippen LogP contribution in [0, 0.1) is 18.6 Å². The number of morpholine rings is 1. The second-order valence-corrected chi connectivity index (χ2v) is 10.9. The predicted octanol–water partition coefficient (Wildman–Crippen LogP) is 3.69. The second kappa shape index (κ2) is 10.8. The molecule has 0 unspecified atom stereocenters. The molecule has 12 heteroatoms. The van der Waals surface area contributed by atoms with Crippen molar-refractivity contribution >= 4 is 34.4 Å². The Morgan fingerprint density at radius 3 is 2.56 bits per heavy atom. The first-order valence-corrected chi connectivity index (χ1v) is 13.6. The summed E-state index contributed by atoms with van der Waals surface area (Å²) in [6.45, 7) is 9.41. The average Bonchev–Trinajstić information content (AvgIpc) is 3.36. The van der Waals surface area contributed by atoms with E-state index in [-0.39, 0.29) is 18.0 Å². The lowest BCUT2D eigenvalue weighted by atomic mass is 10.0. The van der Waals surface area contributed by atoms with Crippen molar-refractivity contribution in [1.82, 2.24) is 29.7 Å². The van der Waals surface area contributed by atoms with Crippen LogP contribution in [0.25, 0.3) is 16.7 Å². The summed E-state index contributed by atoms with van der Waals surface area (Å²) in [5.41, 5.74) is 1.69. The van der Waals surface area contributed by atoms with E-state index in [0.29, 0.717) is 68.2 Å². The minimum atomic E-state index is -0.656. The molecule has 6 rings (SSSR count). The smallest absolute Gasteiger partial charge is 0.247 e. The summed E-state index contributed by atoms with van der Waals surface area (Å²) in [6.07, 6.45) is 5.00. The van der Waals surface area contributed by atoms with Gasteiger partial charge in [-0.2, -0.15) is 4.98 Å². The summed E-state index contributed by atoms with van der Waals surface area (Å²) in [6, 6.07) is 6.34. The topological polar surface area (TPSA) is 100 Å². The van der Waals surface area contributed by atoms with Gasteiger partial charge in [0.05, 0.1) is 36.3 Å². The lowest BCUT2D eigenvalue weighted by molar-refractivity contribution is -0.125. The molecular formula is C29H32F2N8O2. The SMILES string of the molecule is Cc1cc(Nc2ncc3ccn(-c4cc(F)c(CN5CCOCC5)c(F)c4)c3n2)cnc1N1CCNC(C)(C)C1=O. The van der Waals surface area contributed by atoms with E-state index in [0.717, 1.165) is 10.9 Å². The minimum Gasteiger partial charge on any atom is -0.379 e. The van der Waals surface area contributed by atoms with Gasteiger partial charge in [-0.25, -0.2) is 18.7 Å². The zero-order valence-corrected chi connectivity index (χ0v) is 23.2. The number of carbonyl (C=O) groups excluding carboxylic acids is 1. The highest BCUT2D eigenvalue weighted by molar-refractivity contribution is 6.00. The van der Waals surface area contributed by atoms with Crippen molar-refractivity contribution in [3.8, 4) is 5.69 Å². The predicted molar refractivity (Wildman–Crippen MR) is 152 cm³/mol. The maximum Gasteiger partial charge on any atom is 0.247 e. The van der Waals surface area contributed by atoms with E-state index in [4.69, 9.17) is 4.74 Å². The Morgan fingerprint density at radius 1 is 1.07 bits per heavy atom. The van der Waals surface area contributed by atoms with Gasteiger partial charge >= 0.3 is 0 Å². The van der Waals surface area contributed by atoms with Crippen LogP contribution < -0.4 is 15.5 Å². The van der Waals surface area contributed by atoms with Gasteiger partial charge < -0.3 is 19.9 Å². The third-order valence-electron chi connectivity index (χ3n) is 7.56. The van der Waals surface area contributed by atoms with E-state index < -0.39 is 17.2 Å². The Bertz CT molecular complexity index is 1590. The normalized spacial score (nSPS) is 17.8. The van der Waals surface area contributed by atoms with Crippen molar-refractivity contribution in [3.63, 3.8) is 0 Å². The number of fused-ring (bicyclic) bond motifs is 1. The molecule has 2 N–H and O–H groups in total. The molecule has 3 aromatic heterocycles. The molecule has 10 nitrogen and oxygen atoms in total. The summed E-state index contributed by atoms with van der Waals surface area (Å²) >= 11 is 0. The van der Waals surface area contributed by atoms with Gasteiger partial charge in [0, 0.05) is 56.1 Å². The van der Waals surface area contributed by atoms with Crippen LogP contribution >= 0.6 is 0 Å². The number of benzene rings is 1. The van der Waals surface area contributed by atoms with Crippen LogP contribution in [0.1, 0.15) is 25.0 Å². The van der Waals surface area contributed by atoms with E-state index >= 15 is 8.78 Å². The number of rotatable bonds is 6. The Morgan fingerprint density at radius 2 is 1.83 bits per heavy atom. The number of hydrogen-bond donors (Lipinski definition) is 2. The number of piperazine rings is 1. The van der Waals surface area contributed by atoms with Gasteiger partial charge in [0.1, 0.15) is 23.1 Å². The van der Waals surface area contributed by atoms with Crippen molar-refractivity contribution in [3.05, 3.63) is 65.6 Å². The minimum absolute atomic E-state index is 0.0309. The van der Waals surface area contributed by atoms with Gasteiger partial charge in [-0.3, -0.25) is 14.6 Å². The molecule has 0 bridgehead atoms. The van der Waals surface area contributed by atoms with Crippen LogP contribution in [0.2, 0.25) is 0 Å². The summed E-state index contributed by atoms with van der Waals surface area (Å²) < 4.78 is 37.2. The molecule has 214 valence electrons. The number of nitrogens with zero attached hydrogens (tertiary/aromatic N) is 6. The number of nitrogens with one attached hydrogen (secondary N) is 2. The number of carbonyl (C=O) groups is 1. The van der Waals surface area contributed by atoms with Gasteiger partial charge in [-0.15, -0.1) is 0 Å². The van der Waals surface area contributed by atoms with Crippen molar-refractivity contribution in [2.24, 2.45) is 0 Å². The molecule has 0 atom stereocenters. The zero-order chi connectivity index (χ0) is 28.7. The van der Waals surface area contributed by atoms with Crippen LogP contribution in [-0.2, 0) is 16.1 Å². The van der Waals surface area contributed by atoms with E-state index in [1.54, 1.807) is 34.1 Å². The molecule has 1 aromatic carbocycles. The number of hydrogen-bond acceptors (Lipinski definition) is 8. The summed E-state index contributed by atoms with van der Waals surface area (Å²) in [7, 11) is 0. The van der Waals surface area contributed by atoms with E-state index in [9.17, 15) is 4.79 Å². The third-order valence-corrected chi connectivity index (χ3v) is 7.56. The molecule has 2 aliphatic heterocycles. The van der Waals surface area contributed by atoms with E-state index in [1.807, 2.05) is 31.7 Å². The van der Waals surface area contributed by atoms with Gasteiger partial charge in [0.2, 0.25) is 11.9 Å². The van der Waals surface area contributed by atoms with Crippen molar-refractivity contribution in [1.29, 1.82) is 0 Å². The number of amides is 1. The Hall–Kier alpha value is -4.00. The molecule has 4 aromatic rings. The molecule has 41 heavy (non-hydrogen) atoms. The summed E-state index contributed by atoms with van der Waals surface area (Å²) in [5.74, 6) is -0.323. The molecule has 2 fully saturated rings. The van der Waals surface area contributed by atoms with Crippen molar-refractivity contribution in [2.75, 3.05) is 49.6 Å². The zero-order valence-electron chi connectivity index (χ0n) is 23.2. The fraction of sp³-hybridized carbons (Fsp3) is 0.379. The van der Waals surface area contributed by atoms with E-state index in [1.165, 1.54) is 12.1 Å².